The first kappa shape index (κ1) is 12.7. The summed E-state index contributed by atoms with van der Waals surface area (Å²) >= 11 is 5.08. The molecule has 0 saturated heterocycles. The lowest BCUT2D eigenvalue weighted by Gasteiger charge is -2.08. The summed E-state index contributed by atoms with van der Waals surface area (Å²) in [6.45, 7) is 1.80. The van der Waals surface area contributed by atoms with Gasteiger partial charge in [0.25, 0.3) is 0 Å². The van der Waals surface area contributed by atoms with E-state index in [9.17, 15) is 4.79 Å². The molecule has 0 radical (unpaired) electrons. The van der Waals surface area contributed by atoms with Gasteiger partial charge in [0.1, 0.15) is 11.1 Å². The lowest BCUT2D eigenvalue weighted by Crippen LogP contribution is -2.11. The van der Waals surface area contributed by atoms with E-state index in [1.54, 1.807) is 34.7 Å². The second-order valence-corrected chi connectivity index (χ2v) is 5.37. The number of aromatic nitrogens is 1. The zero-order valence-electron chi connectivity index (χ0n) is 8.05. The molecular weight excluding hydrogens is 254 g/mol. The van der Waals surface area contributed by atoms with Crippen LogP contribution >= 0.6 is 33.2 Å². The molecule has 1 atom stereocenters. The predicted molar refractivity (Wildman–Crippen MR) is 64.3 cm³/mol. The number of pyridine rings is 1. The highest BCUT2D eigenvalue weighted by molar-refractivity contribution is 8.76. The molecule has 1 rings (SSSR count). The zero-order chi connectivity index (χ0) is 11.1. The first-order valence-electron chi connectivity index (χ1n) is 4.25. The maximum atomic E-state index is 10.4. The molecule has 1 heterocycles. The molecule has 3 nitrogen and oxygen atoms in total. The molecule has 15 heavy (non-hydrogen) atoms. The topological polar surface area (TPSA) is 39.2 Å². The van der Waals surface area contributed by atoms with Crippen LogP contribution in [0.2, 0.25) is 0 Å². The Kier molecular flexibility index (Phi) is 5.90. The van der Waals surface area contributed by atoms with Gasteiger partial charge in [0, 0.05) is 23.6 Å². The summed E-state index contributed by atoms with van der Waals surface area (Å²) < 4.78 is 4.76. The Morgan fingerprint density at radius 3 is 3.07 bits per heavy atom. The van der Waals surface area contributed by atoms with Crippen LogP contribution < -0.4 is 0 Å². The van der Waals surface area contributed by atoms with Crippen LogP contribution in [-0.2, 0) is 4.74 Å². The van der Waals surface area contributed by atoms with Crippen LogP contribution in [-0.4, -0.2) is 22.3 Å². The van der Waals surface area contributed by atoms with E-state index in [4.69, 9.17) is 16.3 Å². The summed E-state index contributed by atoms with van der Waals surface area (Å²) in [5, 5.41) is 0.937. The highest BCUT2D eigenvalue weighted by Crippen LogP contribution is 2.29. The zero-order valence-corrected chi connectivity index (χ0v) is 10.4. The first-order chi connectivity index (χ1) is 7.18. The van der Waals surface area contributed by atoms with Crippen LogP contribution in [0.25, 0.3) is 0 Å². The van der Waals surface area contributed by atoms with E-state index < -0.39 is 5.43 Å². The summed E-state index contributed by atoms with van der Waals surface area (Å²) in [5.74, 6) is 0.680. The number of halogens is 1. The van der Waals surface area contributed by atoms with E-state index in [0.717, 1.165) is 5.03 Å². The van der Waals surface area contributed by atoms with E-state index in [1.165, 1.54) is 0 Å². The maximum Gasteiger partial charge on any atom is 0.404 e. The minimum atomic E-state index is -0.758. The molecule has 6 heteroatoms. The maximum absolute atomic E-state index is 10.4. The summed E-state index contributed by atoms with van der Waals surface area (Å²) in [4.78, 5) is 14.5. The third-order valence-corrected chi connectivity index (χ3v) is 3.88. The average molecular weight is 264 g/mol. The standard InChI is InChI=1S/C9H10ClNO2S2/c1-7(13-9(10)12)6-14-15-8-4-2-3-5-11-8/h2-5,7H,6H2,1H3. The second-order valence-electron chi connectivity index (χ2n) is 2.70. The van der Waals surface area contributed by atoms with Gasteiger partial charge in [0.2, 0.25) is 0 Å². The number of ether oxygens (including phenoxy) is 1. The lowest BCUT2D eigenvalue weighted by molar-refractivity contribution is 0.143. The van der Waals surface area contributed by atoms with Crippen molar-refractivity contribution in [1.82, 2.24) is 4.98 Å². The quantitative estimate of drug-likeness (QED) is 0.600. The first-order valence-corrected chi connectivity index (χ1v) is 6.95. The molecule has 0 spiro atoms. The Bertz CT molecular complexity index is 310. The van der Waals surface area contributed by atoms with Gasteiger partial charge in [-0.2, -0.15) is 0 Å². The van der Waals surface area contributed by atoms with Crippen molar-refractivity contribution >= 4 is 38.6 Å². The van der Waals surface area contributed by atoms with Crippen molar-refractivity contribution in [3.05, 3.63) is 24.4 Å². The van der Waals surface area contributed by atoms with Crippen molar-refractivity contribution in [2.24, 2.45) is 0 Å². The molecule has 0 aliphatic carbocycles. The SMILES string of the molecule is CC(CSSc1ccccn1)OC(=O)Cl. The van der Waals surface area contributed by atoms with Crippen LogP contribution in [0, 0.1) is 0 Å². The fourth-order valence-electron chi connectivity index (χ4n) is 0.779. The highest BCUT2D eigenvalue weighted by atomic mass is 35.5. The third-order valence-electron chi connectivity index (χ3n) is 1.38. The molecular formula is C9H10ClNO2S2. The van der Waals surface area contributed by atoms with Gasteiger partial charge in [0.05, 0.1) is 0 Å². The van der Waals surface area contributed by atoms with Crippen molar-refractivity contribution in [2.45, 2.75) is 18.1 Å². The lowest BCUT2D eigenvalue weighted by atomic mass is 10.5. The van der Waals surface area contributed by atoms with E-state index in [1.807, 2.05) is 18.2 Å². The minimum Gasteiger partial charge on any atom is -0.450 e. The van der Waals surface area contributed by atoms with Crippen molar-refractivity contribution in [3.63, 3.8) is 0 Å². The van der Waals surface area contributed by atoms with Crippen LogP contribution in [0.4, 0.5) is 4.79 Å². The number of hydrogen-bond donors (Lipinski definition) is 0. The Morgan fingerprint density at radius 1 is 1.67 bits per heavy atom. The van der Waals surface area contributed by atoms with E-state index in [0.29, 0.717) is 5.75 Å². The van der Waals surface area contributed by atoms with E-state index >= 15 is 0 Å². The molecule has 0 bridgehead atoms. The summed E-state index contributed by atoms with van der Waals surface area (Å²) in [5.41, 5.74) is -0.758. The molecule has 1 unspecified atom stereocenters. The molecule has 1 aromatic rings. The van der Waals surface area contributed by atoms with Crippen molar-refractivity contribution in [1.29, 1.82) is 0 Å². The molecule has 0 saturated carbocycles. The van der Waals surface area contributed by atoms with Gasteiger partial charge in [-0.1, -0.05) is 16.9 Å². The molecule has 0 N–H and O–H groups in total. The largest absolute Gasteiger partial charge is 0.450 e. The predicted octanol–water partition coefficient (Wildman–Crippen LogP) is 3.59. The fourth-order valence-corrected chi connectivity index (χ4v) is 3.05. The normalized spacial score (nSPS) is 12.1. The number of carbonyl (C=O) groups excluding carboxylic acids is 1. The van der Waals surface area contributed by atoms with Crippen LogP contribution in [0.5, 0.6) is 0 Å². The van der Waals surface area contributed by atoms with E-state index in [2.05, 4.69) is 4.98 Å². The van der Waals surface area contributed by atoms with Gasteiger partial charge in [-0.15, -0.1) is 0 Å². The Labute approximate surface area is 101 Å². The van der Waals surface area contributed by atoms with Gasteiger partial charge in [-0.25, -0.2) is 9.78 Å². The van der Waals surface area contributed by atoms with Gasteiger partial charge in [-0.05, 0) is 29.9 Å². The molecule has 82 valence electrons. The number of carbonyl (C=O) groups is 1. The van der Waals surface area contributed by atoms with Crippen molar-refractivity contribution < 1.29 is 9.53 Å². The number of hydrogen-bond acceptors (Lipinski definition) is 5. The molecule has 0 aliphatic heterocycles. The van der Waals surface area contributed by atoms with Gasteiger partial charge < -0.3 is 4.74 Å². The fraction of sp³-hybridized carbons (Fsp3) is 0.333. The molecule has 0 amide bonds. The highest BCUT2D eigenvalue weighted by Gasteiger charge is 2.07. The van der Waals surface area contributed by atoms with Crippen molar-refractivity contribution in [2.75, 3.05) is 5.75 Å². The minimum absolute atomic E-state index is 0.184. The molecule has 0 fully saturated rings. The average Bonchev–Trinajstić information content (AvgIpc) is 2.18. The Balaban J connectivity index is 2.19. The van der Waals surface area contributed by atoms with Crippen LogP contribution in [0.3, 0.4) is 0 Å². The summed E-state index contributed by atoms with van der Waals surface area (Å²) in [7, 11) is 3.12. The molecule has 1 aromatic heterocycles. The van der Waals surface area contributed by atoms with Gasteiger partial charge in [-0.3, -0.25) is 0 Å². The number of nitrogens with zero attached hydrogens (tertiary/aromatic N) is 1. The number of rotatable bonds is 5. The second kappa shape index (κ2) is 6.98. The summed E-state index contributed by atoms with van der Waals surface area (Å²) in [6.07, 6.45) is 1.56. The monoisotopic (exact) mass is 263 g/mol. The van der Waals surface area contributed by atoms with Crippen LogP contribution in [0.15, 0.2) is 29.4 Å². The van der Waals surface area contributed by atoms with Crippen molar-refractivity contribution in [3.8, 4) is 0 Å². The van der Waals surface area contributed by atoms with Gasteiger partial charge in [0.15, 0.2) is 0 Å². The van der Waals surface area contributed by atoms with E-state index in [-0.39, 0.29) is 6.10 Å². The summed E-state index contributed by atoms with van der Waals surface area (Å²) in [6, 6.07) is 5.72. The van der Waals surface area contributed by atoms with Crippen LogP contribution in [0.1, 0.15) is 6.92 Å². The molecule has 0 aromatic carbocycles. The Morgan fingerprint density at radius 2 is 2.47 bits per heavy atom. The van der Waals surface area contributed by atoms with Gasteiger partial charge >= 0.3 is 5.43 Å². The molecule has 0 aliphatic rings. The smallest absolute Gasteiger partial charge is 0.404 e. The Hall–Kier alpha value is -0.390. The third kappa shape index (κ3) is 5.92.